The van der Waals surface area contributed by atoms with E-state index in [9.17, 15) is 3.89 Å². The molecule has 0 N–H and O–H groups in total. The lowest BCUT2D eigenvalue weighted by Crippen LogP contribution is -2.06. The van der Waals surface area contributed by atoms with Gasteiger partial charge in [-0.15, -0.1) is 0 Å². The molecule has 0 aromatic heterocycles. The molecule has 0 rings (SSSR count). The molecular formula is C7H11FN2S. The maximum absolute atomic E-state index is 13.0. The summed E-state index contributed by atoms with van der Waals surface area (Å²) in [7, 11) is -2.13. The molecule has 11 heavy (non-hydrogen) atoms. The van der Waals surface area contributed by atoms with Crippen LogP contribution in [0, 0.1) is 28.6 Å². The third-order valence-corrected chi connectivity index (χ3v) is 2.31. The van der Waals surface area contributed by atoms with Gasteiger partial charge in [-0.25, -0.2) is 0 Å². The average molecular weight is 174 g/mol. The van der Waals surface area contributed by atoms with Gasteiger partial charge in [0.1, 0.15) is 0 Å². The monoisotopic (exact) mass is 174 g/mol. The highest BCUT2D eigenvalue weighted by atomic mass is 32.3. The molecule has 0 bridgehead atoms. The molecule has 0 spiro atoms. The van der Waals surface area contributed by atoms with Crippen molar-refractivity contribution >= 4 is 10.4 Å². The van der Waals surface area contributed by atoms with Crippen LogP contribution in [0.25, 0.3) is 0 Å². The average Bonchev–Trinajstić information content (AvgIpc) is 1.84. The molecule has 0 aromatic carbocycles. The Balaban J connectivity index is 3.93. The fourth-order valence-corrected chi connectivity index (χ4v) is 1.88. The second kappa shape index (κ2) is 4.20. The van der Waals surface area contributed by atoms with E-state index in [-0.39, 0.29) is 12.2 Å². The SMILES string of the molecule is CS(C)(F)CC(C#N)CC#N. The van der Waals surface area contributed by atoms with Gasteiger partial charge in [0.15, 0.2) is 0 Å². The van der Waals surface area contributed by atoms with Crippen LogP contribution in [0.1, 0.15) is 6.42 Å². The van der Waals surface area contributed by atoms with Crippen LogP contribution in [0.5, 0.6) is 0 Å². The summed E-state index contributed by atoms with van der Waals surface area (Å²) in [4.78, 5) is 0. The van der Waals surface area contributed by atoms with Gasteiger partial charge in [-0.2, -0.15) is 14.4 Å². The number of nitriles is 2. The number of hydrogen-bond acceptors (Lipinski definition) is 2. The molecule has 62 valence electrons. The predicted octanol–water partition coefficient (Wildman–Crippen LogP) is 1.99. The highest BCUT2D eigenvalue weighted by Crippen LogP contribution is 2.43. The van der Waals surface area contributed by atoms with Crippen molar-refractivity contribution in [3.05, 3.63) is 0 Å². The standard InChI is InChI=1S/C7H11FN2S/c1-11(2,8)6-7(5-10)3-4-9/h7H,3,6H2,1-2H3. The summed E-state index contributed by atoms with van der Waals surface area (Å²) in [5.74, 6) is -0.216. The maximum atomic E-state index is 13.0. The minimum absolute atomic E-state index is 0.136. The molecule has 0 aliphatic heterocycles. The van der Waals surface area contributed by atoms with E-state index in [0.29, 0.717) is 0 Å². The second-order valence-corrected chi connectivity index (χ2v) is 5.90. The van der Waals surface area contributed by atoms with E-state index in [1.807, 2.05) is 12.1 Å². The van der Waals surface area contributed by atoms with E-state index >= 15 is 0 Å². The topological polar surface area (TPSA) is 47.6 Å². The van der Waals surface area contributed by atoms with Crippen molar-refractivity contribution in [1.29, 1.82) is 10.5 Å². The van der Waals surface area contributed by atoms with Gasteiger partial charge in [0.05, 0.1) is 24.5 Å². The summed E-state index contributed by atoms with van der Waals surface area (Å²) in [5.41, 5.74) is 0. The van der Waals surface area contributed by atoms with Gasteiger partial charge >= 0.3 is 0 Å². The first-order valence-corrected chi connectivity index (χ1v) is 5.68. The largest absolute Gasteiger partial charge is 0.198 e. The van der Waals surface area contributed by atoms with E-state index in [1.54, 1.807) is 0 Å². The Labute approximate surface area is 68.2 Å². The van der Waals surface area contributed by atoms with Crippen LogP contribution in [0.3, 0.4) is 0 Å². The van der Waals surface area contributed by atoms with Crippen LogP contribution in [-0.4, -0.2) is 18.3 Å². The molecule has 0 aliphatic rings. The fraction of sp³-hybridized carbons (Fsp3) is 0.714. The van der Waals surface area contributed by atoms with E-state index in [2.05, 4.69) is 0 Å². The van der Waals surface area contributed by atoms with Crippen molar-refractivity contribution in [2.75, 3.05) is 18.3 Å². The van der Waals surface area contributed by atoms with Crippen LogP contribution in [-0.2, 0) is 0 Å². The Morgan fingerprint density at radius 2 is 2.00 bits per heavy atom. The Hall–Kier alpha value is -0.740. The molecule has 0 heterocycles. The van der Waals surface area contributed by atoms with Crippen molar-refractivity contribution in [3.63, 3.8) is 0 Å². The molecule has 4 heteroatoms. The number of rotatable bonds is 3. The number of hydrogen-bond donors (Lipinski definition) is 0. The summed E-state index contributed by atoms with van der Waals surface area (Å²) in [6, 6.07) is 3.78. The first kappa shape index (κ1) is 10.3. The molecule has 0 fully saturated rings. The lowest BCUT2D eigenvalue weighted by molar-refractivity contribution is 0.756. The lowest BCUT2D eigenvalue weighted by Gasteiger charge is -2.21. The number of nitrogens with zero attached hydrogens (tertiary/aromatic N) is 2. The van der Waals surface area contributed by atoms with Crippen molar-refractivity contribution in [2.24, 2.45) is 5.92 Å². The van der Waals surface area contributed by atoms with E-state index < -0.39 is 16.3 Å². The van der Waals surface area contributed by atoms with E-state index in [1.165, 1.54) is 12.5 Å². The van der Waals surface area contributed by atoms with Gasteiger partial charge < -0.3 is 0 Å². The predicted molar refractivity (Wildman–Crippen MR) is 44.7 cm³/mol. The third kappa shape index (κ3) is 5.69. The molecule has 0 radical (unpaired) electrons. The van der Waals surface area contributed by atoms with Gasteiger partial charge in [0, 0.05) is 5.75 Å². The maximum Gasteiger partial charge on any atom is 0.0691 e. The lowest BCUT2D eigenvalue weighted by atomic mass is 10.1. The normalized spacial score (nSPS) is 14.6. The molecule has 0 amide bonds. The molecule has 1 unspecified atom stereocenters. The van der Waals surface area contributed by atoms with Crippen molar-refractivity contribution in [2.45, 2.75) is 6.42 Å². The smallest absolute Gasteiger partial charge is 0.0691 e. The Morgan fingerprint density at radius 1 is 1.45 bits per heavy atom. The van der Waals surface area contributed by atoms with Crippen LogP contribution < -0.4 is 0 Å². The molecule has 0 aliphatic carbocycles. The van der Waals surface area contributed by atoms with Gasteiger partial charge in [0.2, 0.25) is 0 Å². The quantitative estimate of drug-likeness (QED) is 0.656. The second-order valence-electron chi connectivity index (χ2n) is 2.76. The molecule has 0 aromatic rings. The zero-order chi connectivity index (χ0) is 8.91. The highest BCUT2D eigenvalue weighted by Gasteiger charge is 2.17. The van der Waals surface area contributed by atoms with Crippen molar-refractivity contribution < 1.29 is 3.89 Å². The van der Waals surface area contributed by atoms with E-state index in [0.717, 1.165) is 0 Å². The van der Waals surface area contributed by atoms with Crippen molar-refractivity contribution in [1.82, 2.24) is 0 Å². The summed E-state index contributed by atoms with van der Waals surface area (Å²) >= 11 is 0. The van der Waals surface area contributed by atoms with Crippen LogP contribution in [0.2, 0.25) is 0 Å². The Morgan fingerprint density at radius 3 is 2.27 bits per heavy atom. The fourth-order valence-electron chi connectivity index (χ4n) is 0.730. The van der Waals surface area contributed by atoms with Gasteiger partial charge in [-0.3, -0.25) is 0 Å². The Bertz CT molecular complexity index is 196. The van der Waals surface area contributed by atoms with Crippen LogP contribution >= 0.6 is 10.4 Å². The van der Waals surface area contributed by atoms with Crippen LogP contribution in [0.4, 0.5) is 3.89 Å². The first-order chi connectivity index (χ1) is 4.99. The minimum Gasteiger partial charge on any atom is -0.198 e. The summed E-state index contributed by atoms with van der Waals surface area (Å²) in [6.45, 7) is 0. The van der Waals surface area contributed by atoms with Gasteiger partial charge in [0.25, 0.3) is 0 Å². The number of halogens is 1. The summed E-state index contributed by atoms with van der Waals surface area (Å²) in [5, 5.41) is 16.7. The summed E-state index contributed by atoms with van der Waals surface area (Å²) < 4.78 is 13.0. The molecular weight excluding hydrogens is 163 g/mol. The molecule has 0 saturated heterocycles. The van der Waals surface area contributed by atoms with Gasteiger partial charge in [-0.05, 0) is 12.5 Å². The summed E-state index contributed by atoms with van der Waals surface area (Å²) in [6.07, 6.45) is 3.13. The molecule has 2 nitrogen and oxygen atoms in total. The van der Waals surface area contributed by atoms with Crippen molar-refractivity contribution in [3.8, 4) is 12.1 Å². The van der Waals surface area contributed by atoms with Crippen LogP contribution in [0.15, 0.2) is 0 Å². The third-order valence-electron chi connectivity index (χ3n) is 1.12. The zero-order valence-corrected chi connectivity index (χ0v) is 7.49. The van der Waals surface area contributed by atoms with E-state index in [4.69, 9.17) is 10.5 Å². The zero-order valence-electron chi connectivity index (χ0n) is 6.67. The minimum atomic E-state index is -2.13. The Kier molecular flexibility index (Phi) is 3.92. The highest BCUT2D eigenvalue weighted by molar-refractivity contribution is 8.28. The van der Waals surface area contributed by atoms with Gasteiger partial charge in [-0.1, -0.05) is 10.4 Å². The molecule has 1 atom stereocenters. The molecule has 0 saturated carbocycles. The first-order valence-electron chi connectivity index (χ1n) is 3.17.